The molecule has 0 fully saturated rings. The minimum absolute atomic E-state index is 0.123. The summed E-state index contributed by atoms with van der Waals surface area (Å²) in [6.07, 6.45) is 0. The highest BCUT2D eigenvalue weighted by Crippen LogP contribution is 2.26. The number of carbonyl (C=O) groups is 3. The first-order chi connectivity index (χ1) is 14.5. The van der Waals surface area contributed by atoms with Crippen LogP contribution in [-0.4, -0.2) is 27.9 Å². The zero-order chi connectivity index (χ0) is 21.5. The molecule has 0 heterocycles. The summed E-state index contributed by atoms with van der Waals surface area (Å²) in [7, 11) is 0. The van der Waals surface area contributed by atoms with Crippen LogP contribution in [0.2, 0.25) is 0 Å². The van der Waals surface area contributed by atoms with Gasteiger partial charge in [0, 0.05) is 15.6 Å². The van der Waals surface area contributed by atoms with Gasteiger partial charge in [0.15, 0.2) is 5.78 Å². The largest absolute Gasteiger partial charge is 0.507 e. The summed E-state index contributed by atoms with van der Waals surface area (Å²) < 4.78 is 0. The molecule has 0 amide bonds. The molecule has 0 aliphatic carbocycles. The van der Waals surface area contributed by atoms with Crippen molar-refractivity contribution in [3.8, 4) is 11.5 Å². The van der Waals surface area contributed by atoms with Gasteiger partial charge in [-0.05, 0) is 24.3 Å². The van der Waals surface area contributed by atoms with E-state index in [1.54, 1.807) is 30.3 Å². The lowest BCUT2D eigenvalue weighted by Gasteiger charge is -2.08. The fourth-order valence-electron chi connectivity index (χ4n) is 2.46. The van der Waals surface area contributed by atoms with E-state index < -0.39 is 23.5 Å². The number of phenolic OH excluding ortho intramolecular Hbond substituents is 2. The Labute approximate surface area is 169 Å². The predicted octanol–water partition coefficient (Wildman–Crippen LogP) is 3.12. The summed E-state index contributed by atoms with van der Waals surface area (Å²) in [5.74, 6) is -3.80. The van der Waals surface area contributed by atoms with Crippen LogP contribution in [0.4, 0.5) is 0 Å². The molecule has 0 aliphatic rings. The normalized spacial score (nSPS) is 10.3. The SMILES string of the molecule is O=C(OOOOC(=O)c1cccc(C(=O)c2ccccc2)c1O)c1ccccc1O. The maximum Gasteiger partial charge on any atom is 0.380 e. The average Bonchev–Trinajstić information content (AvgIpc) is 2.77. The third-order valence-electron chi connectivity index (χ3n) is 3.91. The molecule has 0 atom stereocenters. The molecule has 0 aliphatic heterocycles. The number of carbonyl (C=O) groups excluding carboxylic acids is 3. The van der Waals surface area contributed by atoms with Gasteiger partial charge in [0.25, 0.3) is 0 Å². The minimum Gasteiger partial charge on any atom is -0.507 e. The van der Waals surface area contributed by atoms with Gasteiger partial charge in [-0.2, -0.15) is 0 Å². The average molecular weight is 410 g/mol. The van der Waals surface area contributed by atoms with Crippen LogP contribution in [0.25, 0.3) is 0 Å². The zero-order valence-electron chi connectivity index (χ0n) is 15.2. The maximum absolute atomic E-state index is 12.5. The van der Waals surface area contributed by atoms with E-state index in [4.69, 9.17) is 0 Å². The minimum atomic E-state index is -1.21. The zero-order valence-corrected chi connectivity index (χ0v) is 15.2. The number of phenols is 2. The van der Waals surface area contributed by atoms with Crippen molar-refractivity contribution in [3.05, 3.63) is 95.1 Å². The Bertz CT molecular complexity index is 1080. The molecule has 0 unspecified atom stereocenters. The first-order valence-corrected chi connectivity index (χ1v) is 8.45. The van der Waals surface area contributed by atoms with E-state index in [0.717, 1.165) is 0 Å². The molecular formula is C21H14O9. The van der Waals surface area contributed by atoms with Gasteiger partial charge in [0.1, 0.15) is 22.6 Å². The van der Waals surface area contributed by atoms with Crippen LogP contribution in [-0.2, 0) is 19.9 Å². The van der Waals surface area contributed by atoms with Gasteiger partial charge in [-0.3, -0.25) is 14.6 Å². The quantitative estimate of drug-likeness (QED) is 0.261. The van der Waals surface area contributed by atoms with Crippen LogP contribution in [0.15, 0.2) is 72.8 Å². The topological polar surface area (TPSA) is 129 Å². The van der Waals surface area contributed by atoms with Gasteiger partial charge in [0.2, 0.25) is 0 Å². The third-order valence-corrected chi connectivity index (χ3v) is 3.91. The second kappa shape index (κ2) is 9.32. The number of para-hydroxylation sites is 2. The highest BCUT2D eigenvalue weighted by Gasteiger charge is 2.22. The third kappa shape index (κ3) is 4.61. The number of benzene rings is 3. The van der Waals surface area contributed by atoms with Gasteiger partial charge in [-0.15, -0.1) is 0 Å². The molecule has 9 heteroatoms. The molecule has 0 saturated heterocycles. The summed E-state index contributed by atoms with van der Waals surface area (Å²) in [5, 5.41) is 27.9. The van der Waals surface area contributed by atoms with E-state index in [1.165, 1.54) is 42.5 Å². The Morgan fingerprint density at radius 2 is 1.13 bits per heavy atom. The number of ketones is 1. The lowest BCUT2D eigenvalue weighted by molar-refractivity contribution is -0.595. The van der Waals surface area contributed by atoms with Gasteiger partial charge in [-0.1, -0.05) is 48.5 Å². The van der Waals surface area contributed by atoms with Crippen molar-refractivity contribution in [2.45, 2.75) is 0 Å². The fourth-order valence-corrected chi connectivity index (χ4v) is 2.46. The highest BCUT2D eigenvalue weighted by atomic mass is 17.7. The van der Waals surface area contributed by atoms with E-state index >= 15 is 0 Å². The Kier molecular flexibility index (Phi) is 6.38. The van der Waals surface area contributed by atoms with Crippen molar-refractivity contribution in [1.82, 2.24) is 0 Å². The number of aromatic hydroxyl groups is 2. The molecule has 0 bridgehead atoms. The van der Waals surface area contributed by atoms with Crippen LogP contribution in [0.3, 0.4) is 0 Å². The summed E-state index contributed by atoms with van der Waals surface area (Å²) in [5.41, 5.74) is -0.402. The van der Waals surface area contributed by atoms with Crippen molar-refractivity contribution in [2.75, 3.05) is 0 Å². The van der Waals surface area contributed by atoms with Crippen LogP contribution in [0.5, 0.6) is 11.5 Å². The molecule has 152 valence electrons. The Morgan fingerprint density at radius 3 is 1.80 bits per heavy atom. The lowest BCUT2D eigenvalue weighted by atomic mass is 10.00. The molecule has 0 spiro atoms. The van der Waals surface area contributed by atoms with E-state index in [0.29, 0.717) is 5.56 Å². The molecule has 9 nitrogen and oxygen atoms in total. The summed E-state index contributed by atoms with van der Waals surface area (Å²) in [6, 6.07) is 17.5. The van der Waals surface area contributed by atoms with Crippen molar-refractivity contribution in [2.24, 2.45) is 0 Å². The maximum atomic E-state index is 12.5. The first-order valence-electron chi connectivity index (χ1n) is 8.45. The summed E-state index contributed by atoms with van der Waals surface area (Å²) >= 11 is 0. The van der Waals surface area contributed by atoms with Crippen molar-refractivity contribution >= 4 is 17.7 Å². The molecule has 0 saturated carbocycles. The molecule has 30 heavy (non-hydrogen) atoms. The second-order valence-electron chi connectivity index (χ2n) is 5.79. The number of hydrogen-bond donors (Lipinski definition) is 2. The fraction of sp³-hybridized carbons (Fsp3) is 0. The number of rotatable bonds is 7. The molecule has 2 N–H and O–H groups in total. The van der Waals surface area contributed by atoms with Crippen molar-refractivity contribution in [3.63, 3.8) is 0 Å². The standard InChI is InChI=1S/C21H14O9/c22-17-12-5-4-9-14(17)20(25)27-29-30-28-21(26)16-11-6-10-15(19(16)24)18(23)13-7-2-1-3-8-13/h1-12,22,24H. The van der Waals surface area contributed by atoms with Crippen molar-refractivity contribution < 1.29 is 44.4 Å². The predicted molar refractivity (Wildman–Crippen MR) is 99.1 cm³/mol. The summed E-state index contributed by atoms with van der Waals surface area (Å²) in [6.45, 7) is 0. The van der Waals surface area contributed by atoms with E-state index in [-0.39, 0.29) is 22.4 Å². The van der Waals surface area contributed by atoms with Crippen LogP contribution >= 0.6 is 0 Å². The highest BCUT2D eigenvalue weighted by molar-refractivity contribution is 6.12. The smallest absolute Gasteiger partial charge is 0.380 e. The van der Waals surface area contributed by atoms with E-state index in [2.05, 4.69) is 19.9 Å². The Balaban J connectivity index is 1.60. The molecule has 3 rings (SSSR count). The van der Waals surface area contributed by atoms with E-state index in [9.17, 15) is 24.6 Å². The van der Waals surface area contributed by atoms with Crippen LogP contribution in [0.1, 0.15) is 36.6 Å². The second-order valence-corrected chi connectivity index (χ2v) is 5.79. The van der Waals surface area contributed by atoms with Gasteiger partial charge in [0.05, 0.1) is 5.56 Å². The van der Waals surface area contributed by atoms with Crippen molar-refractivity contribution in [1.29, 1.82) is 0 Å². The van der Waals surface area contributed by atoms with Crippen LogP contribution in [0, 0.1) is 0 Å². The van der Waals surface area contributed by atoms with Gasteiger partial charge in [-0.25, -0.2) is 9.59 Å². The molecule has 0 radical (unpaired) electrons. The Hall–Kier alpha value is -4.21. The van der Waals surface area contributed by atoms with E-state index in [1.807, 2.05) is 0 Å². The van der Waals surface area contributed by atoms with Gasteiger partial charge < -0.3 is 10.2 Å². The van der Waals surface area contributed by atoms with Gasteiger partial charge >= 0.3 is 11.9 Å². The first kappa shape index (κ1) is 20.5. The summed E-state index contributed by atoms with van der Waals surface area (Å²) in [4.78, 5) is 44.8. The van der Waals surface area contributed by atoms with Crippen LogP contribution < -0.4 is 0 Å². The Morgan fingerprint density at radius 1 is 0.600 bits per heavy atom. The number of hydrogen-bond acceptors (Lipinski definition) is 9. The lowest BCUT2D eigenvalue weighted by Crippen LogP contribution is -2.12. The monoisotopic (exact) mass is 410 g/mol. The molecule has 3 aromatic carbocycles. The molecule has 3 aromatic rings. The molecular weight excluding hydrogens is 396 g/mol. The molecule has 0 aromatic heterocycles.